The molecule has 0 bridgehead atoms. The SMILES string of the molecule is CC(C)Nc1ccn(CC(=O)N(C)C)n1. The summed E-state index contributed by atoms with van der Waals surface area (Å²) in [6.45, 7) is 4.38. The van der Waals surface area contributed by atoms with Gasteiger partial charge in [-0.25, -0.2) is 0 Å². The molecule has 0 spiro atoms. The predicted octanol–water partition coefficient (Wildman–Crippen LogP) is 0.792. The van der Waals surface area contributed by atoms with Crippen molar-refractivity contribution in [2.24, 2.45) is 0 Å². The van der Waals surface area contributed by atoms with Gasteiger partial charge in [0, 0.05) is 32.4 Å². The number of nitrogens with zero attached hydrogens (tertiary/aromatic N) is 3. The van der Waals surface area contributed by atoms with Gasteiger partial charge in [0.15, 0.2) is 0 Å². The second-order valence-electron chi connectivity index (χ2n) is 3.99. The highest BCUT2D eigenvalue weighted by Gasteiger charge is 2.06. The summed E-state index contributed by atoms with van der Waals surface area (Å²) in [4.78, 5) is 12.9. The predicted molar refractivity (Wildman–Crippen MR) is 59.7 cm³/mol. The van der Waals surface area contributed by atoms with Crippen molar-refractivity contribution in [1.82, 2.24) is 14.7 Å². The van der Waals surface area contributed by atoms with Crippen molar-refractivity contribution in [3.05, 3.63) is 12.3 Å². The lowest BCUT2D eigenvalue weighted by molar-refractivity contribution is -0.129. The number of nitrogens with one attached hydrogen (secondary N) is 1. The van der Waals surface area contributed by atoms with Gasteiger partial charge in [-0.05, 0) is 13.8 Å². The van der Waals surface area contributed by atoms with Crippen LogP contribution < -0.4 is 5.32 Å². The van der Waals surface area contributed by atoms with Gasteiger partial charge in [0.1, 0.15) is 12.4 Å². The minimum atomic E-state index is 0.0363. The highest BCUT2D eigenvalue weighted by Crippen LogP contribution is 2.04. The van der Waals surface area contributed by atoms with Crippen LogP contribution in [0.25, 0.3) is 0 Å². The summed E-state index contributed by atoms with van der Waals surface area (Å²) in [6, 6.07) is 2.21. The third-order valence-corrected chi connectivity index (χ3v) is 1.87. The monoisotopic (exact) mass is 210 g/mol. The van der Waals surface area contributed by atoms with E-state index >= 15 is 0 Å². The molecule has 1 aromatic heterocycles. The molecule has 0 aliphatic carbocycles. The van der Waals surface area contributed by atoms with E-state index < -0.39 is 0 Å². The fraction of sp³-hybridized carbons (Fsp3) is 0.600. The summed E-state index contributed by atoms with van der Waals surface area (Å²) >= 11 is 0. The highest BCUT2D eigenvalue weighted by atomic mass is 16.2. The minimum Gasteiger partial charge on any atom is -0.366 e. The van der Waals surface area contributed by atoms with E-state index in [4.69, 9.17) is 0 Å². The lowest BCUT2D eigenvalue weighted by atomic mass is 10.4. The second kappa shape index (κ2) is 4.82. The second-order valence-corrected chi connectivity index (χ2v) is 3.99. The van der Waals surface area contributed by atoms with Gasteiger partial charge in [-0.2, -0.15) is 5.10 Å². The van der Waals surface area contributed by atoms with Gasteiger partial charge in [0.25, 0.3) is 0 Å². The van der Waals surface area contributed by atoms with Crippen molar-refractivity contribution < 1.29 is 4.79 Å². The third-order valence-electron chi connectivity index (χ3n) is 1.87. The maximum absolute atomic E-state index is 11.4. The van der Waals surface area contributed by atoms with Crippen LogP contribution in [0.1, 0.15) is 13.8 Å². The molecule has 84 valence electrons. The van der Waals surface area contributed by atoms with Gasteiger partial charge in [0.05, 0.1) is 0 Å². The first-order valence-electron chi connectivity index (χ1n) is 4.99. The van der Waals surface area contributed by atoms with E-state index in [0.29, 0.717) is 6.04 Å². The molecule has 0 saturated carbocycles. The van der Waals surface area contributed by atoms with E-state index in [1.165, 1.54) is 0 Å². The van der Waals surface area contributed by atoms with E-state index in [0.717, 1.165) is 5.82 Å². The molecule has 5 heteroatoms. The van der Waals surface area contributed by atoms with Crippen LogP contribution in [-0.4, -0.2) is 40.7 Å². The van der Waals surface area contributed by atoms with E-state index in [9.17, 15) is 4.79 Å². The van der Waals surface area contributed by atoms with Gasteiger partial charge < -0.3 is 10.2 Å². The van der Waals surface area contributed by atoms with Crippen molar-refractivity contribution in [2.45, 2.75) is 26.4 Å². The summed E-state index contributed by atoms with van der Waals surface area (Å²) in [7, 11) is 3.47. The molecular weight excluding hydrogens is 192 g/mol. The Morgan fingerprint density at radius 1 is 1.60 bits per heavy atom. The van der Waals surface area contributed by atoms with Gasteiger partial charge in [0.2, 0.25) is 5.91 Å². The van der Waals surface area contributed by atoms with E-state index in [1.54, 1.807) is 29.9 Å². The van der Waals surface area contributed by atoms with Crippen LogP contribution in [0.5, 0.6) is 0 Å². The smallest absolute Gasteiger partial charge is 0.243 e. The van der Waals surface area contributed by atoms with Crippen molar-refractivity contribution in [1.29, 1.82) is 0 Å². The maximum Gasteiger partial charge on any atom is 0.243 e. The number of anilines is 1. The molecule has 1 heterocycles. The topological polar surface area (TPSA) is 50.2 Å². The van der Waals surface area contributed by atoms with Crippen LogP contribution >= 0.6 is 0 Å². The van der Waals surface area contributed by atoms with Crippen molar-refractivity contribution in [2.75, 3.05) is 19.4 Å². The Morgan fingerprint density at radius 3 is 2.80 bits per heavy atom. The number of rotatable bonds is 4. The van der Waals surface area contributed by atoms with Crippen LogP contribution in [0, 0.1) is 0 Å². The van der Waals surface area contributed by atoms with Crippen LogP contribution in [0.15, 0.2) is 12.3 Å². The van der Waals surface area contributed by atoms with Gasteiger partial charge in [-0.3, -0.25) is 9.48 Å². The Balaban J connectivity index is 2.56. The summed E-state index contributed by atoms with van der Waals surface area (Å²) in [6.07, 6.45) is 1.80. The Morgan fingerprint density at radius 2 is 2.27 bits per heavy atom. The Labute approximate surface area is 90.1 Å². The number of carbonyl (C=O) groups excluding carboxylic acids is 1. The molecule has 0 saturated heterocycles. The van der Waals surface area contributed by atoms with Crippen LogP contribution in [0.4, 0.5) is 5.82 Å². The molecular formula is C10H18N4O. The number of carbonyl (C=O) groups is 1. The molecule has 0 aliphatic heterocycles. The molecule has 15 heavy (non-hydrogen) atoms. The van der Waals surface area contributed by atoms with Crippen molar-refractivity contribution >= 4 is 11.7 Å². The first kappa shape index (κ1) is 11.6. The zero-order valence-corrected chi connectivity index (χ0v) is 9.69. The maximum atomic E-state index is 11.4. The molecule has 0 atom stereocenters. The minimum absolute atomic E-state index is 0.0363. The molecule has 0 aromatic carbocycles. The fourth-order valence-corrected chi connectivity index (χ4v) is 1.10. The molecule has 0 unspecified atom stereocenters. The summed E-state index contributed by atoms with van der Waals surface area (Å²) < 4.78 is 1.63. The third kappa shape index (κ3) is 3.61. The highest BCUT2D eigenvalue weighted by molar-refractivity contribution is 5.75. The fourth-order valence-electron chi connectivity index (χ4n) is 1.10. The Hall–Kier alpha value is -1.52. The summed E-state index contributed by atoms with van der Waals surface area (Å²) in [5.74, 6) is 0.839. The number of likely N-dealkylation sites (N-methyl/N-ethyl adjacent to an activating group) is 1. The Kier molecular flexibility index (Phi) is 3.71. The number of hydrogen-bond acceptors (Lipinski definition) is 3. The van der Waals surface area contributed by atoms with Gasteiger partial charge >= 0.3 is 0 Å². The zero-order valence-electron chi connectivity index (χ0n) is 9.69. The van der Waals surface area contributed by atoms with E-state index in [-0.39, 0.29) is 12.5 Å². The average molecular weight is 210 g/mol. The average Bonchev–Trinajstić information content (AvgIpc) is 2.51. The zero-order chi connectivity index (χ0) is 11.4. The van der Waals surface area contributed by atoms with E-state index in [2.05, 4.69) is 10.4 Å². The molecule has 1 amide bonds. The molecule has 1 aromatic rings. The molecule has 1 rings (SSSR count). The van der Waals surface area contributed by atoms with Crippen LogP contribution in [0.3, 0.4) is 0 Å². The van der Waals surface area contributed by atoms with Crippen LogP contribution in [-0.2, 0) is 11.3 Å². The largest absolute Gasteiger partial charge is 0.366 e. The number of amides is 1. The van der Waals surface area contributed by atoms with Gasteiger partial charge in [-0.1, -0.05) is 0 Å². The standard InChI is InChI=1S/C10H18N4O/c1-8(2)11-9-5-6-14(12-9)7-10(15)13(3)4/h5-6,8H,7H2,1-4H3,(H,11,12). The lowest BCUT2D eigenvalue weighted by Gasteiger charge is -2.10. The van der Waals surface area contributed by atoms with E-state index in [1.807, 2.05) is 19.9 Å². The lowest BCUT2D eigenvalue weighted by Crippen LogP contribution is -2.26. The molecule has 1 N–H and O–H groups in total. The molecule has 0 radical (unpaired) electrons. The summed E-state index contributed by atoms with van der Waals surface area (Å²) in [5, 5.41) is 7.40. The van der Waals surface area contributed by atoms with Crippen LogP contribution in [0.2, 0.25) is 0 Å². The Bertz CT molecular complexity index is 330. The first-order chi connectivity index (χ1) is 6.99. The number of aromatic nitrogens is 2. The summed E-state index contributed by atoms with van der Waals surface area (Å²) in [5.41, 5.74) is 0. The van der Waals surface area contributed by atoms with Crippen molar-refractivity contribution in [3.8, 4) is 0 Å². The number of hydrogen-bond donors (Lipinski definition) is 1. The van der Waals surface area contributed by atoms with Crippen molar-refractivity contribution in [3.63, 3.8) is 0 Å². The molecule has 0 fully saturated rings. The normalized spacial score (nSPS) is 10.5. The first-order valence-corrected chi connectivity index (χ1v) is 4.99. The quantitative estimate of drug-likeness (QED) is 0.799. The molecule has 5 nitrogen and oxygen atoms in total. The molecule has 0 aliphatic rings. The van der Waals surface area contributed by atoms with Gasteiger partial charge in [-0.15, -0.1) is 0 Å².